The lowest BCUT2D eigenvalue weighted by Gasteiger charge is -2.28. The third-order valence-corrected chi connectivity index (χ3v) is 2.62. The van der Waals surface area contributed by atoms with E-state index in [1.807, 2.05) is 0 Å². The van der Waals surface area contributed by atoms with Gasteiger partial charge in [0.2, 0.25) is 0 Å². The van der Waals surface area contributed by atoms with Gasteiger partial charge in [-0.15, -0.1) is 0 Å². The van der Waals surface area contributed by atoms with Gasteiger partial charge in [-0.1, -0.05) is 0 Å². The molecule has 1 aliphatic heterocycles. The minimum Gasteiger partial charge on any atom is -0.336 e. The van der Waals surface area contributed by atoms with Crippen LogP contribution in [0.4, 0.5) is 8.78 Å². The van der Waals surface area contributed by atoms with Gasteiger partial charge in [0.05, 0.1) is 0 Å². The number of rotatable bonds is 1. The molecule has 0 aliphatic carbocycles. The van der Waals surface area contributed by atoms with Crippen LogP contribution in [0.1, 0.15) is 6.92 Å². The summed E-state index contributed by atoms with van der Waals surface area (Å²) in [6.07, 6.45) is 0. The number of halogens is 2. The summed E-state index contributed by atoms with van der Waals surface area (Å²) in [5.41, 5.74) is 0. The third-order valence-electron chi connectivity index (χ3n) is 1.67. The van der Waals surface area contributed by atoms with Crippen LogP contribution in [0.25, 0.3) is 0 Å². The number of amides is 1. The van der Waals surface area contributed by atoms with Crippen LogP contribution in [-0.4, -0.2) is 41.3 Å². The molecule has 5 heteroatoms. The fourth-order valence-electron chi connectivity index (χ4n) is 1.04. The Hall–Kier alpha value is -0.320. The molecule has 0 aromatic carbocycles. The van der Waals surface area contributed by atoms with Crippen LogP contribution in [0.5, 0.6) is 0 Å². The van der Waals surface area contributed by atoms with E-state index in [1.54, 1.807) is 11.8 Å². The van der Waals surface area contributed by atoms with Crippen molar-refractivity contribution < 1.29 is 13.6 Å². The van der Waals surface area contributed by atoms with Gasteiger partial charge in [-0.3, -0.25) is 4.79 Å². The van der Waals surface area contributed by atoms with Gasteiger partial charge in [0.1, 0.15) is 0 Å². The zero-order chi connectivity index (χ0) is 9.19. The van der Waals surface area contributed by atoms with E-state index in [4.69, 9.17) is 0 Å². The SMILES string of the molecule is CC(F)(F)C(=O)N1CCSCC1. The molecule has 2 nitrogen and oxygen atoms in total. The predicted octanol–water partition coefficient (Wildman–Crippen LogP) is 1.22. The first-order chi connectivity index (χ1) is 5.52. The molecule has 0 spiro atoms. The van der Waals surface area contributed by atoms with Crippen LogP contribution in [-0.2, 0) is 4.79 Å². The molecule has 0 radical (unpaired) electrons. The molecule has 0 bridgehead atoms. The molecule has 0 aromatic rings. The summed E-state index contributed by atoms with van der Waals surface area (Å²) in [5.74, 6) is -2.71. The molecule has 1 aliphatic rings. The monoisotopic (exact) mass is 195 g/mol. The van der Waals surface area contributed by atoms with E-state index in [0.717, 1.165) is 11.5 Å². The van der Waals surface area contributed by atoms with Crippen LogP contribution in [0.15, 0.2) is 0 Å². The van der Waals surface area contributed by atoms with Crippen LogP contribution in [0, 0.1) is 0 Å². The summed E-state index contributed by atoms with van der Waals surface area (Å²) in [6.45, 7) is 1.55. The molecule has 12 heavy (non-hydrogen) atoms. The van der Waals surface area contributed by atoms with E-state index < -0.39 is 11.8 Å². The Balaban J connectivity index is 2.51. The van der Waals surface area contributed by atoms with Crippen LogP contribution in [0.3, 0.4) is 0 Å². The second kappa shape index (κ2) is 3.60. The molecule has 0 unspecified atom stereocenters. The van der Waals surface area contributed by atoms with E-state index in [2.05, 4.69) is 0 Å². The number of hydrogen-bond donors (Lipinski definition) is 0. The number of alkyl halides is 2. The third kappa shape index (κ3) is 2.33. The minimum atomic E-state index is -3.21. The average molecular weight is 195 g/mol. The normalized spacial score (nSPS) is 19.4. The van der Waals surface area contributed by atoms with Crippen molar-refractivity contribution in [2.75, 3.05) is 24.6 Å². The summed E-state index contributed by atoms with van der Waals surface area (Å²) >= 11 is 1.69. The molecule has 0 aromatic heterocycles. The highest BCUT2D eigenvalue weighted by Gasteiger charge is 2.36. The van der Waals surface area contributed by atoms with E-state index in [-0.39, 0.29) is 0 Å². The Labute approximate surface area is 74.3 Å². The standard InChI is InChI=1S/C7H11F2NOS/c1-7(8,9)6(11)10-2-4-12-5-3-10/h2-5H2,1H3. The van der Waals surface area contributed by atoms with E-state index in [0.29, 0.717) is 20.0 Å². The molecule has 1 fully saturated rings. The van der Waals surface area contributed by atoms with E-state index in [9.17, 15) is 13.6 Å². The van der Waals surface area contributed by atoms with Crippen molar-refractivity contribution >= 4 is 17.7 Å². The molecule has 1 saturated heterocycles. The van der Waals surface area contributed by atoms with E-state index >= 15 is 0 Å². The summed E-state index contributed by atoms with van der Waals surface area (Å²) in [6, 6.07) is 0. The second-order valence-electron chi connectivity index (χ2n) is 2.79. The maximum Gasteiger partial charge on any atom is 0.322 e. The van der Waals surface area contributed by atoms with Crippen molar-refractivity contribution in [1.29, 1.82) is 0 Å². The van der Waals surface area contributed by atoms with Gasteiger partial charge in [0.25, 0.3) is 5.91 Å². The number of nitrogens with zero attached hydrogens (tertiary/aromatic N) is 1. The molecule has 1 heterocycles. The largest absolute Gasteiger partial charge is 0.336 e. The molecule has 70 valence electrons. The smallest absolute Gasteiger partial charge is 0.322 e. The first kappa shape index (κ1) is 9.77. The highest BCUT2D eigenvalue weighted by molar-refractivity contribution is 7.99. The highest BCUT2D eigenvalue weighted by atomic mass is 32.2. The van der Waals surface area contributed by atoms with Crippen LogP contribution < -0.4 is 0 Å². The molecule has 0 atom stereocenters. The van der Waals surface area contributed by atoms with Gasteiger partial charge in [-0.25, -0.2) is 0 Å². The Morgan fingerprint density at radius 1 is 1.42 bits per heavy atom. The summed E-state index contributed by atoms with van der Waals surface area (Å²) in [4.78, 5) is 12.2. The van der Waals surface area contributed by atoms with Crippen molar-refractivity contribution in [3.05, 3.63) is 0 Å². The molecule has 1 rings (SSSR count). The van der Waals surface area contributed by atoms with Crippen molar-refractivity contribution in [3.63, 3.8) is 0 Å². The van der Waals surface area contributed by atoms with Gasteiger partial charge in [0, 0.05) is 31.5 Å². The molecular formula is C7H11F2NOS. The lowest BCUT2D eigenvalue weighted by molar-refractivity contribution is -0.154. The maximum absolute atomic E-state index is 12.5. The predicted molar refractivity (Wildman–Crippen MR) is 44.5 cm³/mol. The fraction of sp³-hybridized carbons (Fsp3) is 0.857. The average Bonchev–Trinajstić information content (AvgIpc) is 2.03. The van der Waals surface area contributed by atoms with Gasteiger partial charge >= 0.3 is 5.92 Å². The molecular weight excluding hydrogens is 184 g/mol. The molecule has 0 saturated carbocycles. The number of carbonyl (C=O) groups is 1. The zero-order valence-corrected chi connectivity index (χ0v) is 7.66. The molecule has 1 amide bonds. The lowest BCUT2D eigenvalue weighted by atomic mass is 10.3. The van der Waals surface area contributed by atoms with Crippen molar-refractivity contribution in [3.8, 4) is 0 Å². The first-order valence-corrected chi connectivity index (χ1v) is 4.92. The summed E-state index contributed by atoms with van der Waals surface area (Å²) < 4.78 is 25.0. The van der Waals surface area contributed by atoms with Crippen LogP contribution in [0.2, 0.25) is 0 Å². The number of carbonyl (C=O) groups excluding carboxylic acids is 1. The van der Waals surface area contributed by atoms with Gasteiger partial charge < -0.3 is 4.90 Å². The second-order valence-corrected chi connectivity index (χ2v) is 4.02. The van der Waals surface area contributed by atoms with Crippen molar-refractivity contribution in [2.45, 2.75) is 12.8 Å². The summed E-state index contributed by atoms with van der Waals surface area (Å²) in [5, 5.41) is 0. The zero-order valence-electron chi connectivity index (χ0n) is 6.85. The quantitative estimate of drug-likeness (QED) is 0.627. The van der Waals surface area contributed by atoms with Crippen molar-refractivity contribution in [1.82, 2.24) is 4.90 Å². The topological polar surface area (TPSA) is 20.3 Å². The Bertz CT molecular complexity index is 175. The molecule has 0 N–H and O–H groups in total. The number of hydrogen-bond acceptors (Lipinski definition) is 2. The Kier molecular flexibility index (Phi) is 2.93. The number of thioether (sulfide) groups is 1. The minimum absolute atomic E-state index is 0.451. The van der Waals surface area contributed by atoms with Gasteiger partial charge in [-0.2, -0.15) is 20.5 Å². The summed E-state index contributed by atoms with van der Waals surface area (Å²) in [7, 11) is 0. The Morgan fingerprint density at radius 2 is 1.92 bits per heavy atom. The maximum atomic E-state index is 12.5. The van der Waals surface area contributed by atoms with Crippen molar-refractivity contribution in [2.24, 2.45) is 0 Å². The van der Waals surface area contributed by atoms with Crippen LogP contribution >= 0.6 is 11.8 Å². The Morgan fingerprint density at radius 3 is 2.33 bits per heavy atom. The first-order valence-electron chi connectivity index (χ1n) is 3.77. The lowest BCUT2D eigenvalue weighted by Crippen LogP contribution is -2.45. The fourth-order valence-corrected chi connectivity index (χ4v) is 1.95. The van der Waals surface area contributed by atoms with E-state index in [1.165, 1.54) is 4.90 Å². The highest BCUT2D eigenvalue weighted by Crippen LogP contribution is 2.18. The van der Waals surface area contributed by atoms with Gasteiger partial charge in [-0.05, 0) is 0 Å². The van der Waals surface area contributed by atoms with Gasteiger partial charge in [0.15, 0.2) is 0 Å².